The van der Waals surface area contributed by atoms with E-state index >= 15 is 0 Å². The number of nitriles is 2. The molecule has 8 heteroatoms. The number of rotatable bonds is 5. The third-order valence-electron chi connectivity index (χ3n) is 5.82. The summed E-state index contributed by atoms with van der Waals surface area (Å²) < 4.78 is 0. The van der Waals surface area contributed by atoms with E-state index in [0.717, 1.165) is 29.9 Å². The molecule has 0 N–H and O–H groups in total. The van der Waals surface area contributed by atoms with Crippen LogP contribution >= 0.6 is 10.5 Å². The minimum absolute atomic E-state index is 0.0945. The highest BCUT2D eigenvalue weighted by atomic mass is 32.2. The Balaban J connectivity index is 1.73. The number of nitrogens with zero attached hydrogens (tertiary/aromatic N) is 5. The average Bonchev–Trinajstić information content (AvgIpc) is 3.44. The smallest absolute Gasteiger partial charge is 0.231 e. The summed E-state index contributed by atoms with van der Waals surface area (Å²) in [6.07, 6.45) is 5.14. The number of hydrogen-bond donors (Lipinski definition) is 0. The Morgan fingerprint density at radius 1 is 1.19 bits per heavy atom. The molecule has 2 fully saturated rings. The molecule has 0 bridgehead atoms. The van der Waals surface area contributed by atoms with E-state index in [0.29, 0.717) is 17.0 Å². The maximum Gasteiger partial charge on any atom is 0.231 e. The van der Waals surface area contributed by atoms with Crippen LogP contribution in [0.15, 0.2) is 42.9 Å². The summed E-state index contributed by atoms with van der Waals surface area (Å²) in [7, 11) is -0.326. The van der Waals surface area contributed by atoms with Gasteiger partial charge in [0.25, 0.3) is 0 Å². The zero-order valence-corrected chi connectivity index (χ0v) is 17.7. The van der Waals surface area contributed by atoms with Gasteiger partial charge < -0.3 is 4.90 Å². The first-order valence-corrected chi connectivity index (χ1v) is 11.7. The molecule has 156 valence electrons. The number of anilines is 1. The van der Waals surface area contributed by atoms with Crippen LogP contribution in [0, 0.1) is 34.5 Å². The lowest BCUT2D eigenvalue weighted by Crippen LogP contribution is -2.31. The Labute approximate surface area is 183 Å². The molecule has 1 aromatic heterocycles. The molecule has 0 radical (unpaired) electrons. The number of ketones is 1. The predicted octanol–water partition coefficient (Wildman–Crippen LogP) is 2.50. The van der Waals surface area contributed by atoms with Gasteiger partial charge in [-0.3, -0.25) is 9.59 Å². The monoisotopic (exact) mass is 431 g/mol. The van der Waals surface area contributed by atoms with E-state index < -0.39 is 11.8 Å². The largest absolute Gasteiger partial charge is 0.307 e. The standard InChI is InChI=1S/C23H21N5O2S/c24-11-19-20(13-26-15-27-19)28-14-18(22(29)21(12-25)31-8-4-5-9-31)17(23(28)30)10-16-6-2-1-3-7-16/h1-3,6-7,13,15,17-18H,4-5,8-10,14H2/t17-,18+/m1/s1. The summed E-state index contributed by atoms with van der Waals surface area (Å²) in [6, 6.07) is 13.7. The van der Waals surface area contributed by atoms with E-state index in [1.807, 2.05) is 36.4 Å². The summed E-state index contributed by atoms with van der Waals surface area (Å²) in [5, 5.41) is 19.2. The van der Waals surface area contributed by atoms with Crippen LogP contribution in [0.2, 0.25) is 0 Å². The van der Waals surface area contributed by atoms with Crippen LogP contribution in [-0.2, 0) is 16.0 Å². The zero-order valence-electron chi connectivity index (χ0n) is 16.9. The first-order chi connectivity index (χ1) is 15.1. The SMILES string of the molecule is N#CC(C(=O)[C@H]1CN(c2cncnc2C#N)C(=O)[C@@H]1Cc1ccccc1)=S1CCCC1. The second-order valence-corrected chi connectivity index (χ2v) is 9.84. The first-order valence-electron chi connectivity index (χ1n) is 10.2. The second-order valence-electron chi connectivity index (χ2n) is 7.63. The molecule has 4 rings (SSSR count). The maximum atomic E-state index is 13.5. The van der Waals surface area contributed by atoms with Crippen molar-refractivity contribution in [1.29, 1.82) is 10.5 Å². The topological polar surface area (TPSA) is 111 Å². The van der Waals surface area contributed by atoms with Crippen LogP contribution in [0.5, 0.6) is 0 Å². The maximum absolute atomic E-state index is 13.5. The number of carbonyl (C=O) groups is 2. The van der Waals surface area contributed by atoms with Gasteiger partial charge in [0.1, 0.15) is 23.3 Å². The van der Waals surface area contributed by atoms with Crippen molar-refractivity contribution in [2.75, 3.05) is 23.0 Å². The summed E-state index contributed by atoms with van der Waals surface area (Å²) in [4.78, 5) is 36.7. The average molecular weight is 432 g/mol. The zero-order chi connectivity index (χ0) is 21.8. The molecule has 0 saturated carbocycles. The van der Waals surface area contributed by atoms with Crippen molar-refractivity contribution in [2.24, 2.45) is 11.8 Å². The van der Waals surface area contributed by atoms with Gasteiger partial charge in [-0.15, -0.1) is 0 Å². The fourth-order valence-corrected chi connectivity index (χ4v) is 6.54. The third kappa shape index (κ3) is 4.12. The lowest BCUT2D eigenvalue weighted by molar-refractivity contribution is -0.124. The summed E-state index contributed by atoms with van der Waals surface area (Å²) in [5.41, 5.74) is 1.36. The van der Waals surface area contributed by atoms with Crippen molar-refractivity contribution in [3.05, 3.63) is 54.1 Å². The fraction of sp³-hybridized carbons (Fsp3) is 0.348. The normalized spacial score (nSPS) is 21.0. The van der Waals surface area contributed by atoms with Crippen LogP contribution < -0.4 is 4.90 Å². The van der Waals surface area contributed by atoms with Crippen molar-refractivity contribution in [3.8, 4) is 12.1 Å². The highest BCUT2D eigenvalue weighted by Crippen LogP contribution is 2.35. The van der Waals surface area contributed by atoms with E-state index in [9.17, 15) is 20.1 Å². The molecule has 7 nitrogen and oxygen atoms in total. The molecule has 3 heterocycles. The first kappa shape index (κ1) is 20.9. The number of Topliss-reactive ketones (excluding diaryl/α,β-unsaturated/α-hetero) is 1. The van der Waals surface area contributed by atoms with Gasteiger partial charge in [-0.25, -0.2) is 9.97 Å². The van der Waals surface area contributed by atoms with Crippen molar-refractivity contribution in [3.63, 3.8) is 0 Å². The Morgan fingerprint density at radius 3 is 2.61 bits per heavy atom. The van der Waals surface area contributed by atoms with Gasteiger partial charge in [0.2, 0.25) is 5.91 Å². The summed E-state index contributed by atoms with van der Waals surface area (Å²) >= 11 is 0. The summed E-state index contributed by atoms with van der Waals surface area (Å²) in [6.45, 7) is 0.125. The quantitative estimate of drug-likeness (QED) is 0.673. The minimum Gasteiger partial charge on any atom is -0.307 e. The van der Waals surface area contributed by atoms with Gasteiger partial charge >= 0.3 is 0 Å². The lowest BCUT2D eigenvalue weighted by atomic mass is 9.85. The van der Waals surface area contributed by atoms with E-state index in [2.05, 4.69) is 16.0 Å². The van der Waals surface area contributed by atoms with Crippen molar-refractivity contribution in [1.82, 2.24) is 9.97 Å². The Kier molecular flexibility index (Phi) is 6.20. The molecule has 1 aromatic carbocycles. The molecule has 2 aliphatic heterocycles. The van der Waals surface area contributed by atoms with Crippen molar-refractivity contribution >= 4 is 32.7 Å². The van der Waals surface area contributed by atoms with Crippen LogP contribution in [0.4, 0.5) is 5.69 Å². The number of benzene rings is 1. The van der Waals surface area contributed by atoms with Gasteiger partial charge in [-0.2, -0.15) is 21.0 Å². The fourth-order valence-electron chi connectivity index (χ4n) is 4.26. The van der Waals surface area contributed by atoms with E-state index in [4.69, 9.17) is 0 Å². The third-order valence-corrected chi connectivity index (χ3v) is 8.25. The van der Waals surface area contributed by atoms with Crippen LogP contribution in [0.3, 0.4) is 0 Å². The molecule has 2 atom stereocenters. The molecule has 0 aliphatic carbocycles. The number of amides is 1. The molecule has 1 amide bonds. The van der Waals surface area contributed by atoms with Crippen molar-refractivity contribution in [2.45, 2.75) is 19.3 Å². The molecule has 2 aromatic rings. The van der Waals surface area contributed by atoms with Gasteiger partial charge in [0, 0.05) is 6.54 Å². The number of hydrogen-bond acceptors (Lipinski definition) is 6. The van der Waals surface area contributed by atoms with Gasteiger partial charge in [-0.05, 0) is 36.3 Å². The highest BCUT2D eigenvalue weighted by molar-refractivity contribution is 8.17. The molecule has 2 aliphatic rings. The number of aromatic nitrogens is 2. The van der Waals surface area contributed by atoms with Gasteiger partial charge in [-0.1, -0.05) is 30.3 Å². The Hall–Kier alpha value is -3.36. The van der Waals surface area contributed by atoms with Gasteiger partial charge in [0.05, 0.1) is 23.7 Å². The molecule has 0 unspecified atom stereocenters. The Morgan fingerprint density at radius 2 is 1.94 bits per heavy atom. The Bertz CT molecular complexity index is 1120. The number of carbonyl (C=O) groups excluding carboxylic acids is 2. The molecular weight excluding hydrogens is 410 g/mol. The van der Waals surface area contributed by atoms with E-state index in [1.165, 1.54) is 17.4 Å². The van der Waals surface area contributed by atoms with Crippen molar-refractivity contribution < 1.29 is 9.59 Å². The van der Waals surface area contributed by atoms with E-state index in [-0.39, 0.29) is 34.4 Å². The summed E-state index contributed by atoms with van der Waals surface area (Å²) in [5.74, 6) is 0.0415. The van der Waals surface area contributed by atoms with Crippen LogP contribution in [-0.4, -0.2) is 44.6 Å². The lowest BCUT2D eigenvalue weighted by Gasteiger charge is -2.16. The van der Waals surface area contributed by atoms with Crippen LogP contribution in [0.25, 0.3) is 0 Å². The predicted molar refractivity (Wildman–Crippen MR) is 118 cm³/mol. The molecular formula is C23H21N5O2S. The van der Waals surface area contributed by atoms with Crippen LogP contribution in [0.1, 0.15) is 24.1 Å². The van der Waals surface area contributed by atoms with Gasteiger partial charge in [0.15, 0.2) is 11.5 Å². The molecule has 31 heavy (non-hydrogen) atoms. The molecule has 2 saturated heterocycles. The molecule has 0 spiro atoms. The highest BCUT2D eigenvalue weighted by Gasteiger charge is 2.46. The van der Waals surface area contributed by atoms with E-state index in [1.54, 1.807) is 0 Å². The second kappa shape index (κ2) is 9.20. The minimum atomic E-state index is -0.637.